The number of hydrogen-bond acceptors (Lipinski definition) is 12. The topological polar surface area (TPSA) is 237 Å². The standard InChI is InChI=1S/C24H23ClN2O2S.C17H19N.2C15H15NO2.C10H15N.C9H8ClNS.C7H6O.2BrH/c25-19-8-6-16(7-9-19)10-12-26-24(30)27-13-11-18-14-21(28)22(29)15-20(18)23(27)17-4-2-1-3-5-17;1-12-10-15-8-9-18-17(16(15)11-13(12)2)14-6-4-3-5-7-14;2*17-13-8-11-6-7-16-15(12(11)9-14(13)18)10-4-2-1-3-5-10;1-8-3-4-10(5-6-11)7-9(8)2;10-9-3-1-8(2-4-9)5-6-11-7-12;8-6-7-4-2-1-3-5-7;;/h1-9,14-15,23,28-29H,10-13H2,(H,26,30);3-7,10-11,17-18H,8-9H2,1-2H3;2*1-5,8-9,15-18H,6-7H2;3-4,7H,5-6,11H2,1-2H3;1-4H,5-6H2;1-6H;2*1H. The number of rotatable bonds is 13. The lowest BCUT2D eigenvalue weighted by molar-refractivity contribution is -0.690. The Bertz CT molecular complexity index is 4930. The zero-order chi connectivity index (χ0) is 81.6. The highest BCUT2D eigenvalue weighted by Crippen LogP contribution is 2.41. The van der Waals surface area contributed by atoms with Crippen molar-refractivity contribution in [1.82, 2.24) is 15.5 Å². The summed E-state index contributed by atoms with van der Waals surface area (Å²) in [4.78, 5) is 16.0. The Morgan fingerprint density at radius 1 is 0.487 bits per heavy atom. The Hall–Kier alpha value is -10.0. The number of nitrogens with one attached hydrogen (secondary N) is 2. The van der Waals surface area contributed by atoms with Crippen molar-refractivity contribution in [2.24, 2.45) is 10.7 Å². The van der Waals surface area contributed by atoms with E-state index >= 15 is 0 Å². The average molecular weight is 1770 g/mol. The molecule has 4 unspecified atom stereocenters. The lowest BCUT2D eigenvalue weighted by atomic mass is 9.87. The van der Waals surface area contributed by atoms with Crippen LogP contribution < -0.4 is 61.0 Å². The molecule has 14 N–H and O–H groups in total. The number of carbonyl (C=O) groups excluding carboxylic acids is 1. The van der Waals surface area contributed by atoms with E-state index in [0.717, 1.165) is 139 Å². The molecule has 4 aliphatic heterocycles. The van der Waals surface area contributed by atoms with Gasteiger partial charge in [-0.25, -0.2) is 4.99 Å². The Balaban J connectivity index is 0.000000176. The number of isothiocyanates is 1. The molecule has 117 heavy (non-hydrogen) atoms. The Morgan fingerprint density at radius 3 is 1.38 bits per heavy atom. The number of carbonyl (C=O) groups is 1. The van der Waals surface area contributed by atoms with E-state index in [1.807, 2.05) is 121 Å². The highest BCUT2D eigenvalue weighted by atomic mass is 79.9. The molecule has 4 atom stereocenters. The molecule has 14 nitrogen and oxygen atoms in total. The van der Waals surface area contributed by atoms with Crippen LogP contribution in [0.4, 0.5) is 0 Å². The van der Waals surface area contributed by atoms with Crippen molar-refractivity contribution in [2.45, 2.75) is 96.8 Å². The predicted molar refractivity (Wildman–Crippen MR) is 473 cm³/mol. The van der Waals surface area contributed by atoms with Gasteiger partial charge in [0.1, 0.15) is 18.4 Å². The number of benzene rings is 12. The van der Waals surface area contributed by atoms with E-state index in [4.69, 9.17) is 41.2 Å². The van der Waals surface area contributed by atoms with E-state index in [2.05, 4.69) is 173 Å². The van der Waals surface area contributed by atoms with Crippen LogP contribution in [0.15, 0.2) is 272 Å². The zero-order valence-corrected chi connectivity index (χ0v) is 72.6. The molecule has 12 aromatic rings. The number of quaternary nitrogens is 2. The molecule has 0 amide bonds. The summed E-state index contributed by atoms with van der Waals surface area (Å²) in [5.41, 5.74) is 29.7. The summed E-state index contributed by atoms with van der Waals surface area (Å²) in [7, 11) is 0. The van der Waals surface area contributed by atoms with E-state index < -0.39 is 0 Å². The number of phenolic OH excluding ortho intramolecular Hbond substituents is 6. The van der Waals surface area contributed by atoms with Gasteiger partial charge in [0.2, 0.25) is 0 Å². The summed E-state index contributed by atoms with van der Waals surface area (Å²) in [6.45, 7) is 14.6. The third-order valence-corrected chi connectivity index (χ3v) is 21.9. The minimum Gasteiger partial charge on any atom is -1.00 e. The second-order valence-electron chi connectivity index (χ2n) is 28.8. The van der Waals surface area contributed by atoms with Crippen LogP contribution in [0, 0.1) is 27.7 Å². The molecule has 608 valence electrons. The maximum atomic E-state index is 10.1. The van der Waals surface area contributed by atoms with Crippen LogP contribution in [0.2, 0.25) is 10.0 Å². The number of fused-ring (bicyclic) bond motifs is 4. The van der Waals surface area contributed by atoms with E-state index in [9.17, 15) is 35.4 Å². The highest BCUT2D eigenvalue weighted by Gasteiger charge is 2.33. The van der Waals surface area contributed by atoms with E-state index in [0.29, 0.717) is 24.2 Å². The minimum atomic E-state index is -0.128. The SMILES string of the molecule is Cc1cc2c(cc1C)C(c1ccccc1)NCC2.Cc1ccc(CCN)cc1C.O=Cc1ccccc1.Oc1cc2c(cc1O)C(c1ccccc1)N(C(=S)NCCc1ccc(Cl)cc1)CC2.Oc1cc2c(cc1O)C(c1ccccc1)[NH2+]CC2.Oc1cc2c(cc1O)C(c1ccccc1)[NH2+]CC2.S=C=NCCc1ccc(Cl)cc1.[Br-].[Br-]. The fraction of sp³-hybridized carbons (Fsp3) is 0.227. The van der Waals surface area contributed by atoms with Crippen LogP contribution in [0.1, 0.15) is 140 Å². The first kappa shape index (κ1) is 92.5. The Labute approximate surface area is 730 Å². The molecule has 0 fully saturated rings. The fourth-order valence-corrected chi connectivity index (χ4v) is 15.2. The molecule has 12 aromatic carbocycles. The lowest BCUT2D eigenvalue weighted by Gasteiger charge is -2.39. The van der Waals surface area contributed by atoms with Gasteiger partial charge in [-0.15, -0.1) is 0 Å². The van der Waals surface area contributed by atoms with Crippen LogP contribution in [-0.2, 0) is 44.9 Å². The highest BCUT2D eigenvalue weighted by molar-refractivity contribution is 7.80. The normalized spacial score (nSPS) is 14.9. The van der Waals surface area contributed by atoms with Crippen LogP contribution in [0.25, 0.3) is 0 Å². The molecule has 16 rings (SSSR count). The Morgan fingerprint density at radius 2 is 0.906 bits per heavy atom. The van der Waals surface area contributed by atoms with Crippen molar-refractivity contribution >= 4 is 64.2 Å². The van der Waals surface area contributed by atoms with Gasteiger partial charge < -0.3 is 96.5 Å². The number of phenols is 6. The molecule has 4 aliphatic rings. The van der Waals surface area contributed by atoms with Gasteiger partial charge in [0.25, 0.3) is 0 Å². The Kier molecular flexibility index (Phi) is 37.5. The van der Waals surface area contributed by atoms with E-state index in [1.54, 1.807) is 48.5 Å². The number of aldehydes is 1. The van der Waals surface area contributed by atoms with Gasteiger partial charge in [-0.2, -0.15) is 0 Å². The van der Waals surface area contributed by atoms with Gasteiger partial charge in [0.15, 0.2) is 39.6 Å². The summed E-state index contributed by atoms with van der Waals surface area (Å²) in [5.74, 6) is -0.323. The van der Waals surface area contributed by atoms with Gasteiger partial charge in [0, 0.05) is 70.3 Å². The van der Waals surface area contributed by atoms with Crippen LogP contribution in [0.5, 0.6) is 34.5 Å². The third kappa shape index (κ3) is 27.0. The van der Waals surface area contributed by atoms with Crippen LogP contribution >= 0.6 is 47.6 Å². The monoisotopic (exact) mass is 1770 g/mol. The first-order valence-electron chi connectivity index (χ1n) is 39.0. The molecule has 4 heterocycles. The third-order valence-electron chi connectivity index (χ3n) is 20.9. The quantitative estimate of drug-likeness (QED) is 0.0223. The number of hydrogen-bond donors (Lipinski definition) is 11. The summed E-state index contributed by atoms with van der Waals surface area (Å²) < 4.78 is 0. The molecule has 0 bridgehead atoms. The van der Waals surface area contributed by atoms with Crippen molar-refractivity contribution in [1.29, 1.82) is 0 Å². The van der Waals surface area contributed by atoms with Gasteiger partial charge in [-0.1, -0.05) is 229 Å². The molecule has 0 saturated carbocycles. The van der Waals surface area contributed by atoms with Crippen molar-refractivity contribution in [3.05, 3.63) is 388 Å². The molecule has 0 aliphatic carbocycles. The van der Waals surface area contributed by atoms with Gasteiger partial charge in [-0.05, 0) is 235 Å². The lowest BCUT2D eigenvalue weighted by Crippen LogP contribution is -3.00. The van der Waals surface area contributed by atoms with Crippen molar-refractivity contribution in [2.75, 3.05) is 45.8 Å². The number of aliphatic imine (C=N–C) groups is 1. The molecular weight excluding hydrogens is 1670 g/mol. The van der Waals surface area contributed by atoms with Gasteiger partial charge in [0.05, 0.1) is 36.9 Å². The van der Waals surface area contributed by atoms with E-state index in [1.165, 1.54) is 66.8 Å². The molecule has 20 heteroatoms. The number of halogens is 4. The maximum Gasteiger partial charge on any atom is 0.169 e. The zero-order valence-electron chi connectivity index (χ0n) is 66.2. The number of aryl methyl sites for hydroxylation is 4. The first-order chi connectivity index (χ1) is 55.8. The summed E-state index contributed by atoms with van der Waals surface area (Å²) in [5, 5.41) is 74.6. The van der Waals surface area contributed by atoms with Crippen LogP contribution in [0.3, 0.4) is 0 Å². The average Bonchev–Trinajstić information content (AvgIpc) is 0.768. The number of nitrogens with two attached hydrogens (primary N) is 3. The molecule has 0 spiro atoms. The summed E-state index contributed by atoms with van der Waals surface area (Å²) in [6, 6.07) is 87.9. The van der Waals surface area contributed by atoms with Gasteiger partial charge >= 0.3 is 0 Å². The minimum absolute atomic E-state index is 0. The van der Waals surface area contributed by atoms with Crippen molar-refractivity contribution in [3.63, 3.8) is 0 Å². The number of thiocarbonyl (C=S) groups is 2. The van der Waals surface area contributed by atoms with Crippen molar-refractivity contribution < 1.29 is 80.0 Å². The van der Waals surface area contributed by atoms with E-state index in [-0.39, 0.29) is 86.6 Å². The predicted octanol–water partition coefficient (Wildman–Crippen LogP) is 11.3. The molecule has 0 aromatic heterocycles. The van der Waals surface area contributed by atoms with Gasteiger partial charge in [-0.3, -0.25) is 4.79 Å². The number of nitrogens with zero attached hydrogens (tertiary/aromatic N) is 2. The molecule has 0 saturated heterocycles. The largest absolute Gasteiger partial charge is 1.00 e. The second-order valence-corrected chi connectivity index (χ2v) is 30.3. The molecular formula is C97H103Br2Cl2N7O7S2. The smallest absolute Gasteiger partial charge is 0.169 e. The van der Waals surface area contributed by atoms with Crippen LogP contribution in [-0.4, -0.2) is 97.9 Å². The first-order valence-corrected chi connectivity index (χ1v) is 40.5. The van der Waals surface area contributed by atoms with Crippen molar-refractivity contribution in [3.8, 4) is 34.5 Å². The fourth-order valence-electron chi connectivity index (χ4n) is 14.6. The summed E-state index contributed by atoms with van der Waals surface area (Å²) >= 11 is 21.9. The number of aromatic hydroxyl groups is 6. The second kappa shape index (κ2) is 47.4. The summed E-state index contributed by atoms with van der Waals surface area (Å²) in [6.07, 6.45) is 7.28. The molecule has 0 radical (unpaired) electrons. The maximum absolute atomic E-state index is 10.1.